The van der Waals surface area contributed by atoms with Crippen LogP contribution in [0.2, 0.25) is 0 Å². The minimum Gasteiger partial charge on any atom is -0.361 e. The number of carbonyl (C=O) groups excluding carboxylic acids is 1. The van der Waals surface area contributed by atoms with Crippen molar-refractivity contribution < 1.29 is 4.79 Å². The highest BCUT2D eigenvalue weighted by Crippen LogP contribution is 2.18. The van der Waals surface area contributed by atoms with Crippen LogP contribution in [0.5, 0.6) is 0 Å². The van der Waals surface area contributed by atoms with E-state index in [9.17, 15) is 4.79 Å². The van der Waals surface area contributed by atoms with E-state index in [1.54, 1.807) is 11.9 Å². The number of hydrogen-bond donors (Lipinski definition) is 1. The van der Waals surface area contributed by atoms with E-state index in [4.69, 9.17) is 0 Å². The van der Waals surface area contributed by atoms with Crippen LogP contribution in [-0.2, 0) is 11.3 Å². The monoisotopic (exact) mass is 188 g/mol. The number of carbonyl (C=O) groups is 1. The Labute approximate surface area is 82.3 Å². The van der Waals surface area contributed by atoms with Crippen molar-refractivity contribution in [1.29, 1.82) is 0 Å². The molecule has 0 aliphatic carbocycles. The minimum atomic E-state index is 0.646. The maximum atomic E-state index is 10.5. The van der Waals surface area contributed by atoms with Crippen LogP contribution in [-0.4, -0.2) is 23.3 Å². The molecule has 72 valence electrons. The molecule has 0 bridgehead atoms. The van der Waals surface area contributed by atoms with Crippen LogP contribution in [0.3, 0.4) is 0 Å². The van der Waals surface area contributed by atoms with E-state index >= 15 is 0 Å². The third kappa shape index (κ3) is 1.48. The minimum absolute atomic E-state index is 0.646. The van der Waals surface area contributed by atoms with Crippen molar-refractivity contribution in [2.24, 2.45) is 0 Å². The lowest BCUT2D eigenvalue weighted by Gasteiger charge is -2.08. The predicted molar refractivity (Wildman–Crippen MR) is 55.8 cm³/mol. The second-order valence-corrected chi connectivity index (χ2v) is 3.38. The summed E-state index contributed by atoms with van der Waals surface area (Å²) in [4.78, 5) is 15.3. The first-order valence-corrected chi connectivity index (χ1v) is 4.52. The number of benzene rings is 1. The van der Waals surface area contributed by atoms with Gasteiger partial charge in [0.2, 0.25) is 6.41 Å². The zero-order valence-electron chi connectivity index (χ0n) is 8.03. The Bertz CT molecular complexity index is 447. The molecule has 0 aliphatic heterocycles. The van der Waals surface area contributed by atoms with E-state index in [0.717, 1.165) is 17.5 Å². The highest BCUT2D eigenvalue weighted by Gasteiger charge is 2.03. The topological polar surface area (TPSA) is 36.1 Å². The Morgan fingerprint density at radius 2 is 2.21 bits per heavy atom. The van der Waals surface area contributed by atoms with Gasteiger partial charge in [-0.05, 0) is 11.6 Å². The molecule has 3 heteroatoms. The van der Waals surface area contributed by atoms with Crippen molar-refractivity contribution in [1.82, 2.24) is 9.88 Å². The molecule has 0 aliphatic rings. The standard InChI is InChI=1S/C11H12N2O/c1-13(8-14)7-9-6-12-11-5-3-2-4-10(9)11/h2-6,8,12H,7H2,1H3. The quantitative estimate of drug-likeness (QED) is 0.732. The van der Waals surface area contributed by atoms with Crippen molar-refractivity contribution in [2.45, 2.75) is 6.54 Å². The van der Waals surface area contributed by atoms with Crippen LogP contribution in [0.1, 0.15) is 5.56 Å². The lowest BCUT2D eigenvalue weighted by Crippen LogP contribution is -2.14. The molecule has 1 heterocycles. The Kier molecular flexibility index (Phi) is 2.23. The van der Waals surface area contributed by atoms with E-state index in [2.05, 4.69) is 11.1 Å². The Hall–Kier alpha value is -1.77. The summed E-state index contributed by atoms with van der Waals surface area (Å²) in [7, 11) is 1.77. The van der Waals surface area contributed by atoms with Gasteiger partial charge in [0.25, 0.3) is 0 Å². The molecule has 1 aromatic carbocycles. The number of rotatable bonds is 3. The van der Waals surface area contributed by atoms with Crippen LogP contribution in [0.4, 0.5) is 0 Å². The zero-order valence-corrected chi connectivity index (χ0v) is 8.03. The van der Waals surface area contributed by atoms with Gasteiger partial charge in [-0.3, -0.25) is 4.79 Å². The molecule has 2 rings (SSSR count). The van der Waals surface area contributed by atoms with E-state index in [-0.39, 0.29) is 0 Å². The maximum absolute atomic E-state index is 10.5. The molecule has 0 spiro atoms. The molecule has 0 unspecified atom stereocenters. The number of nitrogens with zero attached hydrogens (tertiary/aromatic N) is 1. The molecule has 1 N–H and O–H groups in total. The van der Waals surface area contributed by atoms with Gasteiger partial charge in [-0.15, -0.1) is 0 Å². The first kappa shape index (κ1) is 8.81. The molecule has 1 amide bonds. The summed E-state index contributed by atoms with van der Waals surface area (Å²) in [5.41, 5.74) is 2.26. The lowest BCUT2D eigenvalue weighted by molar-refractivity contribution is -0.117. The Morgan fingerprint density at radius 3 is 3.00 bits per heavy atom. The Morgan fingerprint density at radius 1 is 1.43 bits per heavy atom. The molecular formula is C11H12N2O. The maximum Gasteiger partial charge on any atom is 0.209 e. The third-order valence-corrected chi connectivity index (χ3v) is 2.27. The van der Waals surface area contributed by atoms with Gasteiger partial charge in [-0.2, -0.15) is 0 Å². The fraction of sp³-hybridized carbons (Fsp3) is 0.182. The van der Waals surface area contributed by atoms with Crippen molar-refractivity contribution >= 4 is 17.3 Å². The number of amides is 1. The van der Waals surface area contributed by atoms with Gasteiger partial charge in [0.15, 0.2) is 0 Å². The molecular weight excluding hydrogens is 176 g/mol. The number of aromatic nitrogens is 1. The molecule has 0 fully saturated rings. The van der Waals surface area contributed by atoms with Crippen LogP contribution < -0.4 is 0 Å². The predicted octanol–water partition coefficient (Wildman–Crippen LogP) is 1.76. The molecule has 0 saturated heterocycles. The van der Waals surface area contributed by atoms with Crippen LogP contribution in [0.25, 0.3) is 10.9 Å². The van der Waals surface area contributed by atoms with Gasteiger partial charge in [-0.25, -0.2) is 0 Å². The molecule has 14 heavy (non-hydrogen) atoms. The van der Waals surface area contributed by atoms with Crippen molar-refractivity contribution in [3.05, 3.63) is 36.0 Å². The number of fused-ring (bicyclic) bond motifs is 1. The molecule has 0 saturated carbocycles. The smallest absolute Gasteiger partial charge is 0.209 e. The van der Waals surface area contributed by atoms with Crippen LogP contribution in [0.15, 0.2) is 30.5 Å². The van der Waals surface area contributed by atoms with Gasteiger partial charge in [0.05, 0.1) is 0 Å². The molecule has 1 aromatic heterocycles. The lowest BCUT2D eigenvalue weighted by atomic mass is 10.2. The van der Waals surface area contributed by atoms with Crippen molar-refractivity contribution in [3.63, 3.8) is 0 Å². The van der Waals surface area contributed by atoms with Gasteiger partial charge < -0.3 is 9.88 Å². The van der Waals surface area contributed by atoms with E-state index in [1.165, 1.54) is 5.39 Å². The fourth-order valence-electron chi connectivity index (χ4n) is 1.57. The van der Waals surface area contributed by atoms with E-state index < -0.39 is 0 Å². The first-order valence-electron chi connectivity index (χ1n) is 4.52. The van der Waals surface area contributed by atoms with Crippen molar-refractivity contribution in [2.75, 3.05) is 7.05 Å². The number of para-hydroxylation sites is 1. The SMILES string of the molecule is CN(C=O)Cc1c[nH]c2ccccc12. The van der Waals surface area contributed by atoms with E-state index in [0.29, 0.717) is 6.54 Å². The summed E-state index contributed by atoms with van der Waals surface area (Å²) in [5, 5.41) is 1.18. The fourth-order valence-corrected chi connectivity index (χ4v) is 1.57. The average Bonchev–Trinajstić information content (AvgIpc) is 2.62. The number of aromatic amines is 1. The zero-order chi connectivity index (χ0) is 9.97. The summed E-state index contributed by atoms with van der Waals surface area (Å²) in [6, 6.07) is 8.08. The summed E-state index contributed by atoms with van der Waals surface area (Å²) in [5.74, 6) is 0. The molecule has 3 nitrogen and oxygen atoms in total. The first-order chi connectivity index (χ1) is 6.81. The van der Waals surface area contributed by atoms with E-state index in [1.807, 2.05) is 24.4 Å². The highest BCUT2D eigenvalue weighted by molar-refractivity contribution is 5.83. The van der Waals surface area contributed by atoms with Gasteiger partial charge in [0, 0.05) is 30.7 Å². The number of H-pyrrole nitrogens is 1. The molecule has 0 atom stereocenters. The van der Waals surface area contributed by atoms with Gasteiger partial charge >= 0.3 is 0 Å². The highest BCUT2D eigenvalue weighted by atomic mass is 16.1. The van der Waals surface area contributed by atoms with Crippen molar-refractivity contribution in [3.8, 4) is 0 Å². The Balaban J connectivity index is 2.38. The largest absolute Gasteiger partial charge is 0.361 e. The normalized spacial score (nSPS) is 10.4. The van der Waals surface area contributed by atoms with Gasteiger partial charge in [-0.1, -0.05) is 18.2 Å². The van der Waals surface area contributed by atoms with Gasteiger partial charge in [0.1, 0.15) is 0 Å². The summed E-state index contributed by atoms with van der Waals surface area (Å²) in [6.45, 7) is 0.646. The second-order valence-electron chi connectivity index (χ2n) is 3.38. The summed E-state index contributed by atoms with van der Waals surface area (Å²) in [6.07, 6.45) is 2.78. The summed E-state index contributed by atoms with van der Waals surface area (Å²) < 4.78 is 0. The summed E-state index contributed by atoms with van der Waals surface area (Å²) >= 11 is 0. The number of nitrogens with one attached hydrogen (secondary N) is 1. The molecule has 0 radical (unpaired) electrons. The second kappa shape index (κ2) is 3.54. The third-order valence-electron chi connectivity index (χ3n) is 2.27. The van der Waals surface area contributed by atoms with Crippen LogP contribution >= 0.6 is 0 Å². The molecule has 2 aromatic rings. The number of hydrogen-bond acceptors (Lipinski definition) is 1. The van der Waals surface area contributed by atoms with Crippen LogP contribution in [0, 0.1) is 0 Å². The average molecular weight is 188 g/mol.